The van der Waals surface area contributed by atoms with Crippen molar-refractivity contribution in [2.75, 3.05) is 0 Å². The molecule has 74 valence electrons. The number of Topliss-reactive ketones (excluding diaryl/α,β-unsaturated/α-hetero) is 1. The van der Waals surface area contributed by atoms with Gasteiger partial charge in [-0.2, -0.15) is 0 Å². The van der Waals surface area contributed by atoms with Gasteiger partial charge in [0.25, 0.3) is 0 Å². The SMILES string of the molecule is CC(C)C1CCC(=O)c2ccccc21. The van der Waals surface area contributed by atoms with Gasteiger partial charge < -0.3 is 0 Å². The van der Waals surface area contributed by atoms with Gasteiger partial charge in [0.15, 0.2) is 5.78 Å². The molecule has 1 heteroatoms. The lowest BCUT2D eigenvalue weighted by atomic mass is 9.76. The van der Waals surface area contributed by atoms with Gasteiger partial charge in [0.1, 0.15) is 0 Å². The lowest BCUT2D eigenvalue weighted by Crippen LogP contribution is -2.18. The maximum atomic E-state index is 11.7. The van der Waals surface area contributed by atoms with Crippen LogP contribution in [0, 0.1) is 5.92 Å². The zero-order valence-corrected chi connectivity index (χ0v) is 8.79. The van der Waals surface area contributed by atoms with Crippen molar-refractivity contribution in [3.8, 4) is 0 Å². The molecule has 0 fully saturated rings. The van der Waals surface area contributed by atoms with E-state index >= 15 is 0 Å². The first-order chi connectivity index (χ1) is 6.70. The largest absolute Gasteiger partial charge is 0.294 e. The molecular weight excluding hydrogens is 172 g/mol. The molecule has 0 N–H and O–H groups in total. The summed E-state index contributed by atoms with van der Waals surface area (Å²) in [6.45, 7) is 4.47. The van der Waals surface area contributed by atoms with Crippen LogP contribution in [0.1, 0.15) is 48.5 Å². The molecule has 1 aliphatic rings. The minimum Gasteiger partial charge on any atom is -0.294 e. The van der Waals surface area contributed by atoms with Crippen molar-refractivity contribution in [2.24, 2.45) is 5.92 Å². The zero-order chi connectivity index (χ0) is 10.1. The maximum Gasteiger partial charge on any atom is 0.163 e. The fraction of sp³-hybridized carbons (Fsp3) is 0.462. The number of carbonyl (C=O) groups is 1. The smallest absolute Gasteiger partial charge is 0.163 e. The van der Waals surface area contributed by atoms with Gasteiger partial charge in [0, 0.05) is 12.0 Å². The first-order valence-electron chi connectivity index (χ1n) is 5.32. The van der Waals surface area contributed by atoms with Gasteiger partial charge in [0.2, 0.25) is 0 Å². The first-order valence-corrected chi connectivity index (χ1v) is 5.32. The third-order valence-corrected chi connectivity index (χ3v) is 3.15. The Morgan fingerprint density at radius 1 is 1.29 bits per heavy atom. The van der Waals surface area contributed by atoms with E-state index in [1.165, 1.54) is 5.56 Å². The molecule has 0 spiro atoms. The van der Waals surface area contributed by atoms with Crippen LogP contribution >= 0.6 is 0 Å². The molecule has 0 saturated carbocycles. The normalized spacial score (nSPS) is 21.1. The Balaban J connectivity index is 2.46. The van der Waals surface area contributed by atoms with Crippen molar-refractivity contribution in [2.45, 2.75) is 32.6 Å². The molecule has 0 aliphatic heterocycles. The van der Waals surface area contributed by atoms with Gasteiger partial charge in [-0.25, -0.2) is 0 Å². The van der Waals surface area contributed by atoms with Gasteiger partial charge in [0.05, 0.1) is 0 Å². The molecule has 1 aromatic rings. The summed E-state index contributed by atoms with van der Waals surface area (Å²) >= 11 is 0. The van der Waals surface area contributed by atoms with E-state index in [1.54, 1.807) is 0 Å². The summed E-state index contributed by atoms with van der Waals surface area (Å²) < 4.78 is 0. The molecule has 0 aromatic heterocycles. The summed E-state index contributed by atoms with van der Waals surface area (Å²) in [5, 5.41) is 0. The number of ketones is 1. The molecule has 2 rings (SSSR count). The van der Waals surface area contributed by atoms with Crippen LogP contribution in [0.4, 0.5) is 0 Å². The summed E-state index contributed by atoms with van der Waals surface area (Å²) in [6, 6.07) is 8.07. The number of carbonyl (C=O) groups excluding carboxylic acids is 1. The molecule has 0 amide bonds. The highest BCUT2D eigenvalue weighted by Gasteiger charge is 2.26. The van der Waals surface area contributed by atoms with E-state index in [2.05, 4.69) is 19.9 Å². The zero-order valence-electron chi connectivity index (χ0n) is 8.79. The van der Waals surface area contributed by atoms with Crippen molar-refractivity contribution in [1.82, 2.24) is 0 Å². The summed E-state index contributed by atoms with van der Waals surface area (Å²) in [5.41, 5.74) is 2.22. The van der Waals surface area contributed by atoms with Gasteiger partial charge in [-0.05, 0) is 23.8 Å². The number of rotatable bonds is 1. The Kier molecular flexibility index (Phi) is 2.40. The minimum atomic E-state index is 0.317. The van der Waals surface area contributed by atoms with Crippen molar-refractivity contribution >= 4 is 5.78 Å². The van der Waals surface area contributed by atoms with Crippen LogP contribution in [0.2, 0.25) is 0 Å². The quantitative estimate of drug-likeness (QED) is 0.660. The van der Waals surface area contributed by atoms with Crippen molar-refractivity contribution in [1.29, 1.82) is 0 Å². The average Bonchev–Trinajstić information content (AvgIpc) is 2.18. The van der Waals surface area contributed by atoms with Crippen LogP contribution in [0.15, 0.2) is 24.3 Å². The van der Waals surface area contributed by atoms with E-state index in [4.69, 9.17) is 0 Å². The third-order valence-electron chi connectivity index (χ3n) is 3.15. The number of hydrogen-bond donors (Lipinski definition) is 0. The van der Waals surface area contributed by atoms with E-state index in [0.29, 0.717) is 17.6 Å². The highest BCUT2D eigenvalue weighted by atomic mass is 16.1. The highest BCUT2D eigenvalue weighted by Crippen LogP contribution is 2.36. The Hall–Kier alpha value is -1.11. The van der Waals surface area contributed by atoms with Crippen molar-refractivity contribution in [3.05, 3.63) is 35.4 Å². The number of fused-ring (bicyclic) bond motifs is 1. The summed E-state index contributed by atoms with van der Waals surface area (Å²) in [6.07, 6.45) is 1.74. The van der Waals surface area contributed by atoms with E-state index < -0.39 is 0 Å². The molecule has 0 heterocycles. The van der Waals surface area contributed by atoms with Crippen LogP contribution < -0.4 is 0 Å². The predicted octanol–water partition coefficient (Wildman–Crippen LogP) is 3.40. The highest BCUT2D eigenvalue weighted by molar-refractivity contribution is 5.98. The molecule has 0 bridgehead atoms. The van der Waals surface area contributed by atoms with Crippen molar-refractivity contribution < 1.29 is 4.79 Å². The average molecular weight is 188 g/mol. The molecular formula is C13H16O. The Morgan fingerprint density at radius 3 is 2.71 bits per heavy atom. The van der Waals surface area contributed by atoms with Gasteiger partial charge in [-0.1, -0.05) is 38.1 Å². The monoisotopic (exact) mass is 188 g/mol. The summed E-state index contributed by atoms with van der Waals surface area (Å²) in [4.78, 5) is 11.7. The van der Waals surface area contributed by atoms with Crippen LogP contribution in [-0.2, 0) is 0 Å². The Morgan fingerprint density at radius 2 is 2.00 bits per heavy atom. The Labute approximate surface area is 85.1 Å². The molecule has 1 nitrogen and oxygen atoms in total. The maximum absolute atomic E-state index is 11.7. The topological polar surface area (TPSA) is 17.1 Å². The molecule has 0 saturated heterocycles. The second-order valence-corrected chi connectivity index (χ2v) is 4.40. The van der Waals surface area contributed by atoms with Crippen LogP contribution in [0.25, 0.3) is 0 Å². The van der Waals surface area contributed by atoms with Crippen LogP contribution in [0.3, 0.4) is 0 Å². The molecule has 0 radical (unpaired) electrons. The summed E-state index contributed by atoms with van der Waals surface area (Å²) in [7, 11) is 0. The van der Waals surface area contributed by atoms with E-state index in [0.717, 1.165) is 18.4 Å². The predicted molar refractivity (Wildman–Crippen MR) is 57.6 cm³/mol. The molecule has 14 heavy (non-hydrogen) atoms. The minimum absolute atomic E-state index is 0.317. The molecule has 1 aliphatic carbocycles. The Bertz CT molecular complexity index is 352. The second-order valence-electron chi connectivity index (χ2n) is 4.40. The molecule has 1 unspecified atom stereocenters. The molecule has 1 aromatic carbocycles. The van der Waals surface area contributed by atoms with Crippen molar-refractivity contribution in [3.63, 3.8) is 0 Å². The van der Waals surface area contributed by atoms with Gasteiger partial charge >= 0.3 is 0 Å². The third kappa shape index (κ3) is 1.47. The standard InChI is InChI=1S/C13H16O/c1-9(2)10-7-8-13(14)12-6-4-3-5-11(10)12/h3-6,9-10H,7-8H2,1-2H3. The van der Waals surface area contributed by atoms with Gasteiger partial charge in [-0.3, -0.25) is 4.79 Å². The number of benzene rings is 1. The van der Waals surface area contributed by atoms with E-state index in [9.17, 15) is 4.79 Å². The lowest BCUT2D eigenvalue weighted by Gasteiger charge is -2.27. The number of hydrogen-bond acceptors (Lipinski definition) is 1. The van der Waals surface area contributed by atoms with Gasteiger partial charge in [-0.15, -0.1) is 0 Å². The van der Waals surface area contributed by atoms with Crippen LogP contribution in [-0.4, -0.2) is 5.78 Å². The first kappa shape index (κ1) is 9.45. The molecule has 1 atom stereocenters. The van der Waals surface area contributed by atoms with E-state index in [-0.39, 0.29) is 0 Å². The fourth-order valence-electron chi connectivity index (χ4n) is 2.34. The van der Waals surface area contributed by atoms with Crippen LogP contribution in [0.5, 0.6) is 0 Å². The second kappa shape index (κ2) is 3.56. The van der Waals surface area contributed by atoms with E-state index in [1.807, 2.05) is 18.2 Å². The lowest BCUT2D eigenvalue weighted by molar-refractivity contribution is 0.0963. The fourth-order valence-corrected chi connectivity index (χ4v) is 2.34. The summed E-state index contributed by atoms with van der Waals surface area (Å²) in [5.74, 6) is 1.52.